The molecule has 7 heteroatoms. The summed E-state index contributed by atoms with van der Waals surface area (Å²) in [6.07, 6.45) is -3.23. The van der Waals surface area contributed by atoms with Crippen LogP contribution in [0, 0.1) is 0 Å². The van der Waals surface area contributed by atoms with Crippen molar-refractivity contribution in [1.29, 1.82) is 0 Å². The standard InChI is InChI=1S/C14H18F3NO2S/c1-10(18-13-6-8-21(19,20)9-7-13)11-2-4-12(5-3-11)14(15,16)17/h2-5,10,13,18H,6-9H2,1H3. The molecule has 1 atom stereocenters. The largest absolute Gasteiger partial charge is 0.416 e. The van der Waals surface area contributed by atoms with Gasteiger partial charge in [0.05, 0.1) is 17.1 Å². The van der Waals surface area contributed by atoms with E-state index in [9.17, 15) is 21.6 Å². The first kappa shape index (κ1) is 16.3. The van der Waals surface area contributed by atoms with E-state index in [0.717, 1.165) is 17.7 Å². The summed E-state index contributed by atoms with van der Waals surface area (Å²) >= 11 is 0. The predicted octanol–water partition coefficient (Wildman–Crippen LogP) is 2.93. The van der Waals surface area contributed by atoms with Crippen molar-refractivity contribution in [2.24, 2.45) is 0 Å². The Hall–Kier alpha value is -1.08. The molecule has 0 saturated carbocycles. The minimum absolute atomic E-state index is 0.0887. The van der Waals surface area contributed by atoms with Crippen molar-refractivity contribution in [2.75, 3.05) is 11.5 Å². The van der Waals surface area contributed by atoms with Gasteiger partial charge in [-0.05, 0) is 37.5 Å². The minimum atomic E-state index is -4.33. The zero-order chi connectivity index (χ0) is 15.7. The van der Waals surface area contributed by atoms with Gasteiger partial charge in [-0.3, -0.25) is 0 Å². The van der Waals surface area contributed by atoms with Gasteiger partial charge in [-0.25, -0.2) is 8.42 Å². The van der Waals surface area contributed by atoms with Gasteiger partial charge in [-0.2, -0.15) is 13.2 Å². The quantitative estimate of drug-likeness (QED) is 0.931. The van der Waals surface area contributed by atoms with Crippen molar-refractivity contribution in [1.82, 2.24) is 5.32 Å². The first-order chi connectivity index (χ1) is 9.67. The van der Waals surface area contributed by atoms with Crippen LogP contribution in [-0.2, 0) is 16.0 Å². The molecule has 1 aromatic carbocycles. The summed E-state index contributed by atoms with van der Waals surface area (Å²) in [5.41, 5.74) is 0.0960. The van der Waals surface area contributed by atoms with Crippen LogP contribution in [0.5, 0.6) is 0 Å². The number of rotatable bonds is 3. The van der Waals surface area contributed by atoms with E-state index in [1.807, 2.05) is 6.92 Å². The molecule has 1 aromatic rings. The Morgan fingerprint density at radius 3 is 2.14 bits per heavy atom. The number of benzene rings is 1. The molecule has 0 amide bonds. The highest BCUT2D eigenvalue weighted by Gasteiger charge is 2.30. The molecule has 1 heterocycles. The van der Waals surface area contributed by atoms with E-state index in [-0.39, 0.29) is 23.6 Å². The van der Waals surface area contributed by atoms with Gasteiger partial charge in [0.25, 0.3) is 0 Å². The Kier molecular flexibility index (Phi) is 4.63. The number of sulfone groups is 1. The van der Waals surface area contributed by atoms with Gasteiger partial charge < -0.3 is 5.32 Å². The third-order valence-corrected chi connectivity index (χ3v) is 5.49. The fraction of sp³-hybridized carbons (Fsp3) is 0.571. The average Bonchev–Trinajstić information content (AvgIpc) is 2.40. The second kappa shape index (κ2) is 5.96. The van der Waals surface area contributed by atoms with E-state index < -0.39 is 21.6 Å². The van der Waals surface area contributed by atoms with Gasteiger partial charge in [0, 0.05) is 12.1 Å². The van der Waals surface area contributed by atoms with Crippen molar-refractivity contribution in [3.63, 3.8) is 0 Å². The smallest absolute Gasteiger partial charge is 0.307 e. The van der Waals surface area contributed by atoms with Gasteiger partial charge in [-0.1, -0.05) is 12.1 Å². The molecule has 0 spiro atoms. The number of nitrogens with one attached hydrogen (secondary N) is 1. The Labute approximate surface area is 122 Å². The van der Waals surface area contributed by atoms with Gasteiger partial charge in [0.1, 0.15) is 9.84 Å². The van der Waals surface area contributed by atoms with Crippen LogP contribution in [0.2, 0.25) is 0 Å². The topological polar surface area (TPSA) is 46.2 Å². The van der Waals surface area contributed by atoms with Crippen molar-refractivity contribution in [3.8, 4) is 0 Å². The normalized spacial score (nSPS) is 21.1. The molecule has 0 aliphatic carbocycles. The Morgan fingerprint density at radius 1 is 1.14 bits per heavy atom. The molecule has 1 aliphatic heterocycles. The Balaban J connectivity index is 1.96. The lowest BCUT2D eigenvalue weighted by Gasteiger charge is -2.27. The fourth-order valence-corrected chi connectivity index (χ4v) is 3.96. The number of alkyl halides is 3. The molecule has 0 aromatic heterocycles. The molecule has 1 aliphatic rings. The summed E-state index contributed by atoms with van der Waals surface area (Å²) < 4.78 is 60.2. The molecule has 21 heavy (non-hydrogen) atoms. The van der Waals surface area contributed by atoms with Crippen LogP contribution in [0.1, 0.15) is 36.9 Å². The van der Waals surface area contributed by atoms with Gasteiger partial charge in [0.15, 0.2) is 0 Å². The zero-order valence-electron chi connectivity index (χ0n) is 11.7. The van der Waals surface area contributed by atoms with Crippen LogP contribution in [0.4, 0.5) is 13.2 Å². The number of halogens is 3. The SMILES string of the molecule is CC(NC1CCS(=O)(=O)CC1)c1ccc(C(F)(F)F)cc1. The highest BCUT2D eigenvalue weighted by molar-refractivity contribution is 7.91. The molecule has 118 valence electrons. The molecule has 0 bridgehead atoms. The summed E-state index contributed by atoms with van der Waals surface area (Å²) in [4.78, 5) is 0. The maximum absolute atomic E-state index is 12.5. The lowest BCUT2D eigenvalue weighted by atomic mass is 10.0. The van der Waals surface area contributed by atoms with Gasteiger partial charge in [-0.15, -0.1) is 0 Å². The highest BCUT2D eigenvalue weighted by Crippen LogP contribution is 2.30. The molecule has 1 fully saturated rings. The van der Waals surface area contributed by atoms with Crippen LogP contribution in [0.15, 0.2) is 24.3 Å². The highest BCUT2D eigenvalue weighted by atomic mass is 32.2. The predicted molar refractivity (Wildman–Crippen MR) is 74.7 cm³/mol. The minimum Gasteiger partial charge on any atom is -0.307 e. The lowest BCUT2D eigenvalue weighted by molar-refractivity contribution is -0.137. The first-order valence-electron chi connectivity index (χ1n) is 6.81. The third-order valence-electron chi connectivity index (χ3n) is 3.78. The zero-order valence-corrected chi connectivity index (χ0v) is 12.5. The molecule has 3 nitrogen and oxygen atoms in total. The van der Waals surface area contributed by atoms with Gasteiger partial charge >= 0.3 is 6.18 Å². The van der Waals surface area contributed by atoms with Gasteiger partial charge in [0.2, 0.25) is 0 Å². The van der Waals surface area contributed by atoms with E-state index >= 15 is 0 Å². The van der Waals surface area contributed by atoms with Crippen LogP contribution < -0.4 is 5.32 Å². The molecule has 2 rings (SSSR count). The van der Waals surface area contributed by atoms with Crippen LogP contribution in [0.25, 0.3) is 0 Å². The summed E-state index contributed by atoms with van der Waals surface area (Å²) in [5, 5.41) is 3.29. The van der Waals surface area contributed by atoms with Crippen molar-refractivity contribution >= 4 is 9.84 Å². The van der Waals surface area contributed by atoms with E-state index in [0.29, 0.717) is 12.8 Å². The van der Waals surface area contributed by atoms with Crippen molar-refractivity contribution < 1.29 is 21.6 Å². The fourth-order valence-electron chi connectivity index (χ4n) is 2.47. The molecule has 1 saturated heterocycles. The van der Waals surface area contributed by atoms with E-state index in [1.54, 1.807) is 0 Å². The lowest BCUT2D eigenvalue weighted by Crippen LogP contribution is -2.38. The van der Waals surface area contributed by atoms with Crippen molar-refractivity contribution in [3.05, 3.63) is 35.4 Å². The Bertz CT molecular complexity index is 567. The molecular weight excluding hydrogens is 303 g/mol. The molecule has 1 unspecified atom stereocenters. The molecular formula is C14H18F3NO2S. The maximum Gasteiger partial charge on any atom is 0.416 e. The molecule has 0 radical (unpaired) electrons. The summed E-state index contributed by atoms with van der Waals surface area (Å²) in [7, 11) is -2.90. The summed E-state index contributed by atoms with van der Waals surface area (Å²) in [5.74, 6) is 0.342. The Morgan fingerprint density at radius 2 is 1.67 bits per heavy atom. The van der Waals surface area contributed by atoms with Crippen LogP contribution in [-0.4, -0.2) is 26.0 Å². The average molecular weight is 321 g/mol. The second-order valence-corrected chi connectivity index (χ2v) is 7.74. The van der Waals surface area contributed by atoms with E-state index in [2.05, 4.69) is 5.32 Å². The first-order valence-corrected chi connectivity index (χ1v) is 8.63. The van der Waals surface area contributed by atoms with E-state index in [1.165, 1.54) is 12.1 Å². The maximum atomic E-state index is 12.5. The number of hydrogen-bond acceptors (Lipinski definition) is 3. The monoisotopic (exact) mass is 321 g/mol. The summed E-state index contributed by atoms with van der Waals surface area (Å²) in [6.45, 7) is 1.87. The van der Waals surface area contributed by atoms with Crippen LogP contribution >= 0.6 is 0 Å². The van der Waals surface area contributed by atoms with E-state index in [4.69, 9.17) is 0 Å². The number of hydrogen-bond donors (Lipinski definition) is 1. The third kappa shape index (κ3) is 4.44. The molecule has 1 N–H and O–H groups in total. The van der Waals surface area contributed by atoms with Crippen molar-refractivity contribution in [2.45, 2.75) is 38.0 Å². The summed E-state index contributed by atoms with van der Waals surface area (Å²) in [6, 6.07) is 5.03. The van der Waals surface area contributed by atoms with Crippen LogP contribution in [0.3, 0.4) is 0 Å². The second-order valence-electron chi connectivity index (χ2n) is 5.43.